The lowest BCUT2D eigenvalue weighted by Gasteiger charge is -2.22. The molecule has 0 spiro atoms. The summed E-state index contributed by atoms with van der Waals surface area (Å²) < 4.78 is 29.7. The van der Waals surface area contributed by atoms with Gasteiger partial charge in [-0.05, 0) is 43.2 Å². The molecule has 4 rings (SSSR count). The van der Waals surface area contributed by atoms with E-state index in [1.807, 2.05) is 38.1 Å². The highest BCUT2D eigenvalue weighted by Crippen LogP contribution is 2.38. The summed E-state index contributed by atoms with van der Waals surface area (Å²) in [5.74, 6) is -1.00. The molecule has 1 fully saturated rings. The number of phenolic OH excluding ortho intramolecular Hbond substituents is 1. The van der Waals surface area contributed by atoms with Gasteiger partial charge in [0.1, 0.15) is 5.75 Å². The monoisotopic (exact) mass is 429 g/mol. The molecule has 1 saturated heterocycles. The van der Waals surface area contributed by atoms with Gasteiger partial charge < -0.3 is 10.2 Å². The van der Waals surface area contributed by atoms with E-state index < -0.39 is 16.0 Å². The number of rotatable bonds is 5. The summed E-state index contributed by atoms with van der Waals surface area (Å²) in [5, 5.41) is 24.1. The number of aliphatic carboxylic acids is 1. The second-order valence-corrected chi connectivity index (χ2v) is 9.61. The Kier molecular flexibility index (Phi) is 5.03. The van der Waals surface area contributed by atoms with Gasteiger partial charge in [0.25, 0.3) is 0 Å². The fourth-order valence-electron chi connectivity index (χ4n) is 4.15. The van der Waals surface area contributed by atoms with E-state index in [-0.39, 0.29) is 41.6 Å². The molecular formula is C21H23N3O5S. The molecular weight excluding hydrogens is 406 g/mol. The van der Waals surface area contributed by atoms with E-state index in [9.17, 15) is 23.4 Å². The number of aromatic nitrogens is 2. The predicted octanol–water partition coefficient (Wildman–Crippen LogP) is 2.64. The zero-order valence-electron chi connectivity index (χ0n) is 16.6. The third-order valence-electron chi connectivity index (χ3n) is 5.96. The van der Waals surface area contributed by atoms with Gasteiger partial charge in [-0.1, -0.05) is 25.1 Å². The second-order valence-electron chi connectivity index (χ2n) is 7.71. The zero-order chi connectivity index (χ0) is 21.6. The number of hydrogen-bond acceptors (Lipinski definition) is 5. The molecule has 0 aliphatic carbocycles. The van der Waals surface area contributed by atoms with Gasteiger partial charge in [-0.2, -0.15) is 9.40 Å². The molecule has 2 heterocycles. The molecule has 8 nitrogen and oxygen atoms in total. The van der Waals surface area contributed by atoms with Crippen LogP contribution in [0.15, 0.2) is 53.4 Å². The molecule has 2 aromatic carbocycles. The molecule has 1 aromatic heterocycles. The van der Waals surface area contributed by atoms with Crippen molar-refractivity contribution in [2.24, 2.45) is 5.92 Å². The van der Waals surface area contributed by atoms with Crippen molar-refractivity contribution < 1.29 is 23.4 Å². The lowest BCUT2D eigenvalue weighted by atomic mass is 10.0. The van der Waals surface area contributed by atoms with Crippen LogP contribution in [-0.2, 0) is 21.2 Å². The van der Waals surface area contributed by atoms with Crippen molar-refractivity contribution >= 4 is 26.9 Å². The minimum absolute atomic E-state index is 0.00337. The first-order valence-electron chi connectivity index (χ1n) is 9.69. The highest BCUT2D eigenvalue weighted by molar-refractivity contribution is 7.89. The van der Waals surface area contributed by atoms with E-state index in [2.05, 4.69) is 5.10 Å². The minimum atomic E-state index is -3.76. The summed E-state index contributed by atoms with van der Waals surface area (Å²) in [7, 11) is -3.76. The highest BCUT2D eigenvalue weighted by Gasteiger charge is 2.44. The van der Waals surface area contributed by atoms with Gasteiger partial charge in [-0.3, -0.25) is 9.48 Å². The van der Waals surface area contributed by atoms with Crippen LogP contribution in [0.1, 0.15) is 25.6 Å². The molecule has 3 aromatic rings. The first-order chi connectivity index (χ1) is 14.2. The van der Waals surface area contributed by atoms with Crippen molar-refractivity contribution in [1.29, 1.82) is 0 Å². The fraction of sp³-hybridized carbons (Fsp3) is 0.333. The van der Waals surface area contributed by atoms with E-state index in [1.54, 1.807) is 4.68 Å². The number of benzene rings is 2. The van der Waals surface area contributed by atoms with Crippen molar-refractivity contribution in [1.82, 2.24) is 14.1 Å². The molecule has 0 saturated carbocycles. The van der Waals surface area contributed by atoms with Crippen LogP contribution in [0, 0.1) is 5.92 Å². The number of hydrogen-bond donors (Lipinski definition) is 2. The van der Waals surface area contributed by atoms with Gasteiger partial charge in [0.2, 0.25) is 10.0 Å². The van der Waals surface area contributed by atoms with Crippen LogP contribution >= 0.6 is 0 Å². The van der Waals surface area contributed by atoms with Gasteiger partial charge in [-0.25, -0.2) is 8.42 Å². The second kappa shape index (κ2) is 7.41. The van der Waals surface area contributed by atoms with E-state index in [0.717, 1.165) is 10.9 Å². The van der Waals surface area contributed by atoms with Crippen LogP contribution in [0.2, 0.25) is 0 Å². The van der Waals surface area contributed by atoms with Gasteiger partial charge >= 0.3 is 5.97 Å². The summed E-state index contributed by atoms with van der Waals surface area (Å²) >= 11 is 0. The SMILES string of the molecule is C[C@@H]1[C@@H](C)N(S(=O)(=O)c2ccc(O)cc2)C[C@@H]1n1nc(CC(=O)O)c2ccccc21. The summed E-state index contributed by atoms with van der Waals surface area (Å²) in [6.07, 6.45) is -0.195. The predicted molar refractivity (Wildman–Crippen MR) is 111 cm³/mol. The molecule has 9 heteroatoms. The average Bonchev–Trinajstić information content (AvgIpc) is 3.20. The fourth-order valence-corrected chi connectivity index (χ4v) is 5.88. The normalized spacial score (nSPS) is 22.5. The van der Waals surface area contributed by atoms with Crippen molar-refractivity contribution in [2.75, 3.05) is 6.54 Å². The number of nitrogens with zero attached hydrogens (tertiary/aromatic N) is 3. The standard InChI is InChI=1S/C21H23N3O5S/c1-13-14(2)23(30(28,29)16-9-7-15(25)8-10-16)12-20(13)24-19-6-4-3-5-17(19)18(22-24)11-21(26)27/h3-10,13-14,20,25H,11-12H2,1-2H3,(H,26,27)/t13-,14-,20+/m1/s1. The highest BCUT2D eigenvalue weighted by atomic mass is 32.2. The maximum Gasteiger partial charge on any atom is 0.309 e. The van der Waals surface area contributed by atoms with Gasteiger partial charge in [0, 0.05) is 18.0 Å². The van der Waals surface area contributed by atoms with Crippen LogP contribution in [0.5, 0.6) is 5.75 Å². The number of fused-ring (bicyclic) bond motifs is 1. The first kappa shape index (κ1) is 20.4. The number of phenols is 1. The maximum absolute atomic E-state index is 13.2. The van der Waals surface area contributed by atoms with Crippen molar-refractivity contribution in [3.8, 4) is 5.75 Å². The Morgan fingerprint density at radius 2 is 1.80 bits per heavy atom. The molecule has 30 heavy (non-hydrogen) atoms. The zero-order valence-corrected chi connectivity index (χ0v) is 17.5. The van der Waals surface area contributed by atoms with Gasteiger partial charge in [0.15, 0.2) is 0 Å². The molecule has 0 bridgehead atoms. The van der Waals surface area contributed by atoms with E-state index in [1.165, 1.54) is 28.6 Å². The topological polar surface area (TPSA) is 113 Å². The molecule has 1 aliphatic heterocycles. The number of carboxylic acid groups (broad SMARTS) is 1. The van der Waals surface area contributed by atoms with Gasteiger partial charge in [0.05, 0.1) is 28.6 Å². The quantitative estimate of drug-likeness (QED) is 0.645. The van der Waals surface area contributed by atoms with E-state index in [4.69, 9.17) is 0 Å². The number of carboxylic acids is 1. The minimum Gasteiger partial charge on any atom is -0.508 e. The Morgan fingerprint density at radius 3 is 2.47 bits per heavy atom. The third kappa shape index (κ3) is 3.33. The van der Waals surface area contributed by atoms with Crippen molar-refractivity contribution in [2.45, 2.75) is 37.2 Å². The Hall–Kier alpha value is -2.91. The Balaban J connectivity index is 1.74. The van der Waals surface area contributed by atoms with Gasteiger partial charge in [-0.15, -0.1) is 0 Å². The van der Waals surface area contributed by atoms with Crippen LogP contribution in [0.3, 0.4) is 0 Å². The largest absolute Gasteiger partial charge is 0.508 e. The van der Waals surface area contributed by atoms with Crippen LogP contribution in [0.25, 0.3) is 10.9 Å². The number of carbonyl (C=O) groups is 1. The Bertz CT molecular complexity index is 1200. The summed E-state index contributed by atoms with van der Waals surface area (Å²) in [6, 6.07) is 12.4. The molecule has 1 aliphatic rings. The lowest BCUT2D eigenvalue weighted by molar-refractivity contribution is -0.136. The van der Waals surface area contributed by atoms with Crippen LogP contribution in [-0.4, -0.2) is 51.3 Å². The molecule has 0 unspecified atom stereocenters. The average molecular weight is 429 g/mol. The smallest absolute Gasteiger partial charge is 0.309 e. The maximum atomic E-state index is 13.2. The number of aromatic hydroxyl groups is 1. The first-order valence-corrected chi connectivity index (χ1v) is 11.1. The Labute approximate surface area is 174 Å². The summed E-state index contributed by atoms with van der Waals surface area (Å²) in [5.41, 5.74) is 1.26. The molecule has 0 radical (unpaired) electrons. The van der Waals surface area contributed by atoms with Crippen LogP contribution in [0.4, 0.5) is 0 Å². The Morgan fingerprint density at radius 1 is 1.13 bits per heavy atom. The molecule has 0 amide bonds. The van der Waals surface area contributed by atoms with E-state index in [0.29, 0.717) is 5.69 Å². The van der Waals surface area contributed by atoms with Crippen molar-refractivity contribution in [3.05, 3.63) is 54.2 Å². The lowest BCUT2D eigenvalue weighted by Crippen LogP contribution is -2.35. The third-order valence-corrected chi connectivity index (χ3v) is 7.92. The van der Waals surface area contributed by atoms with E-state index >= 15 is 0 Å². The number of para-hydroxylation sites is 1. The summed E-state index contributed by atoms with van der Waals surface area (Å²) in [4.78, 5) is 11.4. The molecule has 3 atom stereocenters. The summed E-state index contributed by atoms with van der Waals surface area (Å²) in [6.45, 7) is 4.07. The van der Waals surface area contributed by atoms with Crippen molar-refractivity contribution in [3.63, 3.8) is 0 Å². The molecule has 158 valence electrons. The van der Waals surface area contributed by atoms with Crippen LogP contribution < -0.4 is 0 Å². The number of sulfonamides is 1. The molecule has 2 N–H and O–H groups in total.